The number of fused-ring (bicyclic) bond motifs is 1. The van der Waals surface area contributed by atoms with Crippen LogP contribution < -0.4 is 5.32 Å². The van der Waals surface area contributed by atoms with Crippen molar-refractivity contribution in [2.45, 2.75) is 12.1 Å². The molecule has 2 rings (SSSR count). The van der Waals surface area contributed by atoms with Gasteiger partial charge >= 0.3 is 5.97 Å². The SMILES string of the molecule is O=C(O)C1NCC(O)c2ccccc21. The molecule has 0 radical (unpaired) electrons. The Hall–Kier alpha value is -1.39. The number of aliphatic hydroxyl groups excluding tert-OH is 1. The number of aliphatic carboxylic acids is 1. The number of nitrogens with one attached hydrogen (secondary N) is 1. The zero-order valence-corrected chi connectivity index (χ0v) is 7.47. The summed E-state index contributed by atoms with van der Waals surface area (Å²) >= 11 is 0. The van der Waals surface area contributed by atoms with Crippen molar-refractivity contribution in [3.05, 3.63) is 35.4 Å². The molecule has 1 aromatic carbocycles. The maximum atomic E-state index is 10.9. The van der Waals surface area contributed by atoms with Gasteiger partial charge in [-0.2, -0.15) is 0 Å². The largest absolute Gasteiger partial charge is 0.480 e. The van der Waals surface area contributed by atoms with Crippen molar-refractivity contribution in [3.8, 4) is 0 Å². The minimum Gasteiger partial charge on any atom is -0.480 e. The zero-order valence-electron chi connectivity index (χ0n) is 7.47. The summed E-state index contributed by atoms with van der Waals surface area (Å²) in [6.07, 6.45) is -0.609. The highest BCUT2D eigenvalue weighted by Gasteiger charge is 2.29. The van der Waals surface area contributed by atoms with E-state index in [2.05, 4.69) is 5.32 Å². The summed E-state index contributed by atoms with van der Waals surface area (Å²) in [6.45, 7) is 0.286. The summed E-state index contributed by atoms with van der Waals surface area (Å²) in [6, 6.07) is 6.36. The van der Waals surface area contributed by atoms with Gasteiger partial charge in [0.15, 0.2) is 0 Å². The van der Waals surface area contributed by atoms with Gasteiger partial charge in [0.1, 0.15) is 6.04 Å². The molecule has 3 N–H and O–H groups in total. The minimum absolute atomic E-state index is 0.286. The van der Waals surface area contributed by atoms with E-state index >= 15 is 0 Å². The highest BCUT2D eigenvalue weighted by atomic mass is 16.4. The third-order valence-corrected chi connectivity index (χ3v) is 2.43. The molecule has 1 aliphatic heterocycles. The minimum atomic E-state index is -0.913. The molecule has 1 aromatic rings. The van der Waals surface area contributed by atoms with Gasteiger partial charge in [-0.25, -0.2) is 0 Å². The predicted octanol–water partition coefficient (Wildman–Crippen LogP) is 0.449. The standard InChI is InChI=1S/C10H11NO3/c12-8-5-11-9(10(13)14)7-4-2-1-3-6(7)8/h1-4,8-9,11-12H,5H2,(H,13,14). The maximum absolute atomic E-state index is 10.9. The number of benzene rings is 1. The Morgan fingerprint density at radius 1 is 1.36 bits per heavy atom. The number of aliphatic hydroxyl groups is 1. The average Bonchev–Trinajstić information content (AvgIpc) is 2.18. The first-order valence-corrected chi connectivity index (χ1v) is 4.43. The molecule has 0 saturated heterocycles. The van der Waals surface area contributed by atoms with Gasteiger partial charge in [-0.1, -0.05) is 24.3 Å². The van der Waals surface area contributed by atoms with Gasteiger partial charge in [0.25, 0.3) is 0 Å². The van der Waals surface area contributed by atoms with Crippen molar-refractivity contribution in [1.29, 1.82) is 0 Å². The fourth-order valence-corrected chi connectivity index (χ4v) is 1.75. The molecule has 0 amide bonds. The molecule has 4 heteroatoms. The average molecular weight is 193 g/mol. The van der Waals surface area contributed by atoms with Crippen LogP contribution in [0.4, 0.5) is 0 Å². The van der Waals surface area contributed by atoms with Crippen molar-refractivity contribution in [2.75, 3.05) is 6.54 Å². The summed E-state index contributed by atoms with van der Waals surface area (Å²) < 4.78 is 0. The fraction of sp³-hybridized carbons (Fsp3) is 0.300. The second-order valence-corrected chi connectivity index (χ2v) is 3.32. The first kappa shape index (κ1) is 9.18. The van der Waals surface area contributed by atoms with E-state index in [0.29, 0.717) is 11.1 Å². The van der Waals surface area contributed by atoms with Gasteiger partial charge in [0.2, 0.25) is 0 Å². The van der Waals surface area contributed by atoms with Crippen molar-refractivity contribution in [1.82, 2.24) is 5.32 Å². The van der Waals surface area contributed by atoms with Crippen LogP contribution in [0, 0.1) is 0 Å². The van der Waals surface area contributed by atoms with Crippen LogP contribution in [0.25, 0.3) is 0 Å². The van der Waals surface area contributed by atoms with E-state index in [1.54, 1.807) is 24.3 Å². The van der Waals surface area contributed by atoms with Gasteiger partial charge in [-0.05, 0) is 11.1 Å². The lowest BCUT2D eigenvalue weighted by molar-refractivity contribution is -0.140. The molecule has 1 aliphatic rings. The second kappa shape index (κ2) is 3.40. The Morgan fingerprint density at radius 2 is 2.00 bits per heavy atom. The topological polar surface area (TPSA) is 69.6 Å². The molecular formula is C10H11NO3. The summed E-state index contributed by atoms with van der Waals surface area (Å²) in [5, 5.41) is 21.3. The molecule has 2 atom stereocenters. The lowest BCUT2D eigenvalue weighted by Gasteiger charge is -2.27. The molecule has 0 aromatic heterocycles. The Balaban J connectivity index is 2.46. The number of rotatable bonds is 1. The lowest BCUT2D eigenvalue weighted by atomic mass is 9.93. The molecule has 74 valence electrons. The van der Waals surface area contributed by atoms with Gasteiger partial charge in [-0.3, -0.25) is 10.1 Å². The number of carbonyl (C=O) groups is 1. The highest BCUT2D eigenvalue weighted by molar-refractivity contribution is 5.76. The van der Waals surface area contributed by atoms with E-state index in [4.69, 9.17) is 5.11 Å². The summed E-state index contributed by atoms with van der Waals surface area (Å²) in [5.41, 5.74) is 1.36. The summed E-state index contributed by atoms with van der Waals surface area (Å²) in [5.74, 6) is -0.913. The van der Waals surface area contributed by atoms with Crippen LogP contribution in [-0.4, -0.2) is 22.7 Å². The Bertz CT molecular complexity index is 364. The van der Waals surface area contributed by atoms with Gasteiger partial charge in [0.05, 0.1) is 6.10 Å². The van der Waals surface area contributed by atoms with E-state index in [-0.39, 0.29) is 6.54 Å². The maximum Gasteiger partial charge on any atom is 0.325 e. The van der Waals surface area contributed by atoms with Crippen LogP contribution in [0.2, 0.25) is 0 Å². The molecule has 0 aliphatic carbocycles. The quantitative estimate of drug-likeness (QED) is 0.605. The first-order valence-electron chi connectivity index (χ1n) is 4.43. The van der Waals surface area contributed by atoms with Crippen LogP contribution in [0.5, 0.6) is 0 Å². The number of hydrogen-bond donors (Lipinski definition) is 3. The van der Waals surface area contributed by atoms with Gasteiger partial charge in [-0.15, -0.1) is 0 Å². The first-order chi connectivity index (χ1) is 6.70. The van der Waals surface area contributed by atoms with E-state index < -0.39 is 18.1 Å². The molecule has 0 bridgehead atoms. The number of β-amino-alcohol motifs (C(OH)–C–C–N with tert-alkyl or cyclic N) is 1. The fourth-order valence-electron chi connectivity index (χ4n) is 1.75. The van der Waals surface area contributed by atoms with Gasteiger partial charge < -0.3 is 10.2 Å². The van der Waals surface area contributed by atoms with E-state index in [9.17, 15) is 9.90 Å². The highest BCUT2D eigenvalue weighted by Crippen LogP contribution is 2.28. The third-order valence-electron chi connectivity index (χ3n) is 2.43. The number of carboxylic acids is 1. The van der Waals surface area contributed by atoms with Crippen molar-refractivity contribution >= 4 is 5.97 Å². The predicted molar refractivity (Wildman–Crippen MR) is 49.8 cm³/mol. The zero-order chi connectivity index (χ0) is 10.1. The third kappa shape index (κ3) is 1.38. The normalized spacial score (nSPS) is 25.5. The Labute approximate surface area is 81.2 Å². The molecule has 14 heavy (non-hydrogen) atoms. The number of carboxylic acid groups (broad SMARTS) is 1. The van der Waals surface area contributed by atoms with Crippen LogP contribution >= 0.6 is 0 Å². The molecule has 0 fully saturated rings. The van der Waals surface area contributed by atoms with E-state index in [0.717, 1.165) is 0 Å². The molecular weight excluding hydrogens is 182 g/mol. The second-order valence-electron chi connectivity index (χ2n) is 3.32. The van der Waals surface area contributed by atoms with Gasteiger partial charge in [0, 0.05) is 6.54 Å². The van der Waals surface area contributed by atoms with E-state index in [1.165, 1.54) is 0 Å². The van der Waals surface area contributed by atoms with E-state index in [1.807, 2.05) is 0 Å². The van der Waals surface area contributed by atoms with Crippen molar-refractivity contribution in [3.63, 3.8) is 0 Å². The molecule has 0 spiro atoms. The smallest absolute Gasteiger partial charge is 0.325 e. The monoisotopic (exact) mass is 193 g/mol. The van der Waals surface area contributed by atoms with Crippen LogP contribution in [0.1, 0.15) is 23.3 Å². The van der Waals surface area contributed by atoms with Crippen LogP contribution in [0.15, 0.2) is 24.3 Å². The Kier molecular flexibility index (Phi) is 2.23. The summed E-state index contributed by atoms with van der Waals surface area (Å²) in [4.78, 5) is 10.9. The van der Waals surface area contributed by atoms with Crippen LogP contribution in [-0.2, 0) is 4.79 Å². The van der Waals surface area contributed by atoms with Crippen molar-refractivity contribution < 1.29 is 15.0 Å². The lowest BCUT2D eigenvalue weighted by Crippen LogP contribution is -2.37. The number of hydrogen-bond acceptors (Lipinski definition) is 3. The van der Waals surface area contributed by atoms with Crippen molar-refractivity contribution in [2.24, 2.45) is 0 Å². The van der Waals surface area contributed by atoms with Crippen LogP contribution in [0.3, 0.4) is 0 Å². The molecule has 0 saturated carbocycles. The molecule has 2 unspecified atom stereocenters. The Morgan fingerprint density at radius 3 is 2.64 bits per heavy atom. The molecule has 1 heterocycles. The molecule has 4 nitrogen and oxygen atoms in total. The summed E-state index contributed by atoms with van der Waals surface area (Å²) in [7, 11) is 0.